The van der Waals surface area contributed by atoms with Gasteiger partial charge in [0.25, 0.3) is 5.56 Å². The van der Waals surface area contributed by atoms with Crippen LogP contribution in [0.25, 0.3) is 16.6 Å². The van der Waals surface area contributed by atoms with E-state index in [0.29, 0.717) is 26.8 Å². The molecular formula is C24H20ClN3O2S. The van der Waals surface area contributed by atoms with E-state index in [1.54, 1.807) is 24.3 Å². The summed E-state index contributed by atoms with van der Waals surface area (Å²) in [6.07, 6.45) is 0. The Balaban J connectivity index is 1.72. The first-order valence-electron chi connectivity index (χ1n) is 9.70. The predicted molar refractivity (Wildman–Crippen MR) is 128 cm³/mol. The number of benzene rings is 3. The van der Waals surface area contributed by atoms with Gasteiger partial charge in [0.2, 0.25) is 5.91 Å². The summed E-state index contributed by atoms with van der Waals surface area (Å²) in [6, 6.07) is 20.2. The molecule has 156 valence electrons. The molecule has 7 heteroatoms. The Morgan fingerprint density at radius 1 is 1.06 bits per heavy atom. The van der Waals surface area contributed by atoms with Crippen molar-refractivity contribution < 1.29 is 4.79 Å². The zero-order valence-electron chi connectivity index (χ0n) is 17.1. The Morgan fingerprint density at radius 3 is 2.65 bits per heavy atom. The number of hydrogen-bond acceptors (Lipinski definition) is 4. The number of fused-ring (bicyclic) bond motifs is 1. The number of aromatic nitrogens is 2. The number of nitrogens with zero attached hydrogens (tertiary/aromatic N) is 2. The summed E-state index contributed by atoms with van der Waals surface area (Å²) in [5, 5.41) is 4.40. The summed E-state index contributed by atoms with van der Waals surface area (Å²) < 4.78 is 1.54. The van der Waals surface area contributed by atoms with Crippen molar-refractivity contribution in [1.29, 1.82) is 0 Å². The molecule has 0 aliphatic carbocycles. The third-order valence-electron chi connectivity index (χ3n) is 4.86. The molecule has 4 rings (SSSR count). The van der Waals surface area contributed by atoms with Crippen molar-refractivity contribution in [2.45, 2.75) is 19.0 Å². The van der Waals surface area contributed by atoms with Crippen molar-refractivity contribution in [2.24, 2.45) is 0 Å². The highest BCUT2D eigenvalue weighted by Gasteiger charge is 2.17. The molecule has 0 unspecified atom stereocenters. The molecule has 0 aliphatic rings. The lowest BCUT2D eigenvalue weighted by Crippen LogP contribution is -2.23. The van der Waals surface area contributed by atoms with Gasteiger partial charge in [-0.15, -0.1) is 0 Å². The highest BCUT2D eigenvalue weighted by atomic mass is 35.5. The van der Waals surface area contributed by atoms with Crippen LogP contribution < -0.4 is 10.9 Å². The first-order chi connectivity index (χ1) is 14.9. The molecule has 4 aromatic rings. The monoisotopic (exact) mass is 449 g/mol. The number of carbonyl (C=O) groups is 1. The van der Waals surface area contributed by atoms with Gasteiger partial charge in [0, 0.05) is 10.7 Å². The molecule has 5 nitrogen and oxygen atoms in total. The molecule has 3 aromatic carbocycles. The molecule has 1 aromatic heterocycles. The molecule has 0 saturated carbocycles. The van der Waals surface area contributed by atoms with Crippen molar-refractivity contribution in [3.63, 3.8) is 0 Å². The van der Waals surface area contributed by atoms with Crippen molar-refractivity contribution >= 4 is 45.9 Å². The van der Waals surface area contributed by atoms with Crippen molar-refractivity contribution in [3.05, 3.63) is 93.2 Å². The fourth-order valence-electron chi connectivity index (χ4n) is 3.31. The van der Waals surface area contributed by atoms with Crippen LogP contribution in [-0.2, 0) is 4.79 Å². The zero-order valence-corrected chi connectivity index (χ0v) is 18.6. The van der Waals surface area contributed by atoms with Gasteiger partial charge in [0.1, 0.15) is 0 Å². The number of rotatable bonds is 5. The van der Waals surface area contributed by atoms with Gasteiger partial charge in [-0.05, 0) is 61.4 Å². The van der Waals surface area contributed by atoms with Gasteiger partial charge in [-0.1, -0.05) is 53.7 Å². The Labute approximate surface area is 189 Å². The van der Waals surface area contributed by atoms with Crippen molar-refractivity contribution in [3.8, 4) is 5.69 Å². The summed E-state index contributed by atoms with van der Waals surface area (Å²) in [5.41, 5.74) is 3.61. The second kappa shape index (κ2) is 8.96. The minimum Gasteiger partial charge on any atom is -0.325 e. The largest absolute Gasteiger partial charge is 0.325 e. The highest BCUT2D eigenvalue weighted by Crippen LogP contribution is 2.26. The third-order valence-corrected chi connectivity index (χ3v) is 6.21. The van der Waals surface area contributed by atoms with Gasteiger partial charge in [-0.3, -0.25) is 14.2 Å². The SMILES string of the molecule is Cc1cccc(NC(=O)CSc2nc3ccccc3c(=O)n2-c2cccc(Cl)c2C)c1. The number of para-hydroxylation sites is 1. The standard InChI is InChI=1S/C24H20ClN3O2S/c1-15-7-5-8-17(13-15)26-22(29)14-31-24-27-20-11-4-3-9-18(20)23(30)28(24)21-12-6-10-19(25)16(21)2/h3-13H,14H2,1-2H3,(H,26,29). The lowest BCUT2D eigenvalue weighted by atomic mass is 10.2. The van der Waals surface area contributed by atoms with Crippen LogP contribution >= 0.6 is 23.4 Å². The van der Waals surface area contributed by atoms with E-state index in [0.717, 1.165) is 16.8 Å². The third kappa shape index (κ3) is 4.50. The number of anilines is 1. The van der Waals surface area contributed by atoms with Crippen LogP contribution in [0.4, 0.5) is 5.69 Å². The van der Waals surface area contributed by atoms with E-state index in [1.807, 2.05) is 56.3 Å². The van der Waals surface area contributed by atoms with Crippen LogP contribution in [0.2, 0.25) is 5.02 Å². The van der Waals surface area contributed by atoms with Gasteiger partial charge in [-0.25, -0.2) is 4.98 Å². The fraction of sp³-hybridized carbons (Fsp3) is 0.125. The minimum absolute atomic E-state index is 0.109. The van der Waals surface area contributed by atoms with Crippen LogP contribution in [0.1, 0.15) is 11.1 Å². The maximum atomic E-state index is 13.4. The Kier molecular flexibility index (Phi) is 6.11. The molecule has 0 saturated heterocycles. The van der Waals surface area contributed by atoms with E-state index >= 15 is 0 Å². The number of amides is 1. The molecule has 0 fully saturated rings. The normalized spacial score (nSPS) is 10.9. The van der Waals surface area contributed by atoms with E-state index in [4.69, 9.17) is 11.6 Å². The van der Waals surface area contributed by atoms with E-state index in [9.17, 15) is 9.59 Å². The average Bonchev–Trinajstić information content (AvgIpc) is 2.75. The van der Waals surface area contributed by atoms with E-state index in [-0.39, 0.29) is 17.2 Å². The topological polar surface area (TPSA) is 64.0 Å². The average molecular weight is 450 g/mol. The fourth-order valence-corrected chi connectivity index (χ4v) is 4.29. The maximum absolute atomic E-state index is 13.4. The predicted octanol–water partition coefficient (Wildman–Crippen LogP) is 5.39. The molecule has 0 bridgehead atoms. The number of aryl methyl sites for hydroxylation is 1. The molecule has 31 heavy (non-hydrogen) atoms. The Hall–Kier alpha value is -3.09. The van der Waals surface area contributed by atoms with Crippen molar-refractivity contribution in [1.82, 2.24) is 9.55 Å². The highest BCUT2D eigenvalue weighted by molar-refractivity contribution is 7.99. The molecule has 1 N–H and O–H groups in total. The number of nitrogens with one attached hydrogen (secondary N) is 1. The second-order valence-electron chi connectivity index (χ2n) is 7.14. The summed E-state index contributed by atoms with van der Waals surface area (Å²) in [5.74, 6) is -0.0643. The van der Waals surface area contributed by atoms with E-state index in [1.165, 1.54) is 16.3 Å². The van der Waals surface area contributed by atoms with Crippen LogP contribution in [0, 0.1) is 13.8 Å². The first kappa shape index (κ1) is 21.2. The molecule has 0 aliphatic heterocycles. The quantitative estimate of drug-likeness (QED) is 0.328. The Morgan fingerprint density at radius 2 is 1.84 bits per heavy atom. The molecule has 0 radical (unpaired) electrons. The van der Waals surface area contributed by atoms with Gasteiger partial charge < -0.3 is 5.32 Å². The lowest BCUT2D eigenvalue weighted by Gasteiger charge is -2.15. The van der Waals surface area contributed by atoms with Gasteiger partial charge >= 0.3 is 0 Å². The molecular weight excluding hydrogens is 430 g/mol. The minimum atomic E-state index is -0.197. The van der Waals surface area contributed by atoms with Gasteiger partial charge in [-0.2, -0.15) is 0 Å². The summed E-state index contributed by atoms with van der Waals surface area (Å²) in [6.45, 7) is 3.83. The molecule has 1 amide bonds. The van der Waals surface area contributed by atoms with E-state index in [2.05, 4.69) is 10.3 Å². The zero-order chi connectivity index (χ0) is 22.0. The second-order valence-corrected chi connectivity index (χ2v) is 8.49. The maximum Gasteiger partial charge on any atom is 0.266 e. The molecule has 0 spiro atoms. The summed E-state index contributed by atoms with van der Waals surface area (Å²) in [4.78, 5) is 30.6. The van der Waals surface area contributed by atoms with Crippen LogP contribution in [0.5, 0.6) is 0 Å². The summed E-state index contributed by atoms with van der Waals surface area (Å²) >= 11 is 7.52. The molecule has 1 heterocycles. The lowest BCUT2D eigenvalue weighted by molar-refractivity contribution is -0.113. The van der Waals surface area contributed by atoms with Crippen LogP contribution in [-0.4, -0.2) is 21.2 Å². The van der Waals surface area contributed by atoms with Gasteiger partial charge in [0.05, 0.1) is 22.3 Å². The number of thioether (sulfide) groups is 1. The summed E-state index contributed by atoms with van der Waals surface area (Å²) in [7, 11) is 0. The number of halogens is 1. The number of carbonyl (C=O) groups excluding carboxylic acids is 1. The van der Waals surface area contributed by atoms with Gasteiger partial charge in [0.15, 0.2) is 5.16 Å². The van der Waals surface area contributed by atoms with Crippen LogP contribution in [0.3, 0.4) is 0 Å². The first-order valence-corrected chi connectivity index (χ1v) is 11.1. The van der Waals surface area contributed by atoms with E-state index < -0.39 is 0 Å². The van der Waals surface area contributed by atoms with Crippen LogP contribution in [0.15, 0.2) is 76.7 Å². The van der Waals surface area contributed by atoms with Crippen molar-refractivity contribution in [2.75, 3.05) is 11.1 Å². The smallest absolute Gasteiger partial charge is 0.266 e. The molecule has 0 atom stereocenters. The Bertz CT molecular complexity index is 1350. The number of hydrogen-bond donors (Lipinski definition) is 1.